The number of hydrogen-bond donors (Lipinski definition) is 9. The highest BCUT2D eigenvalue weighted by Crippen LogP contribution is 2.47. The Labute approximate surface area is 797 Å². The zero-order chi connectivity index (χ0) is 96.7. The van der Waals surface area contributed by atoms with E-state index in [9.17, 15) is 38.4 Å². The molecule has 0 radical (unpaired) electrons. The summed E-state index contributed by atoms with van der Waals surface area (Å²) in [5.41, 5.74) is 6.27. The first-order valence-electron chi connectivity index (χ1n) is 47.9. The number of piperidine rings is 1. The minimum absolute atomic E-state index is 0.0475. The van der Waals surface area contributed by atoms with Crippen LogP contribution < -0.4 is 91.8 Å². The first kappa shape index (κ1) is 97.4. The van der Waals surface area contributed by atoms with Gasteiger partial charge in [0.1, 0.15) is 28.5 Å². The third-order valence-electron chi connectivity index (χ3n) is 27.7. The van der Waals surface area contributed by atoms with Gasteiger partial charge in [-0.3, -0.25) is 38.9 Å². The lowest BCUT2D eigenvalue weighted by Crippen LogP contribution is -2.56. The minimum Gasteiger partial charge on any atom is -0.495 e. The fraction of sp³-hybridized carbons (Fsp3) is 0.520. The van der Waals surface area contributed by atoms with Gasteiger partial charge < -0.3 is 96.1 Å². The summed E-state index contributed by atoms with van der Waals surface area (Å²) in [4.78, 5) is 157. The highest BCUT2D eigenvalue weighted by Gasteiger charge is 2.47. The lowest BCUT2D eigenvalue weighted by atomic mass is 9.91. The van der Waals surface area contributed by atoms with Crippen LogP contribution in [0.25, 0.3) is 0 Å². The van der Waals surface area contributed by atoms with Crippen LogP contribution in [0.2, 0.25) is 0 Å². The van der Waals surface area contributed by atoms with E-state index < -0.39 is 27.8 Å². The van der Waals surface area contributed by atoms with Gasteiger partial charge in [0.25, 0.3) is 5.91 Å². The predicted molar refractivity (Wildman–Crippen MR) is 534 cm³/mol. The standard InChI is InChI=1S/C28H39N7O2.C25H33N7O2.C24H32N6O3.C23H30N6O3/c1-28(2)18-35(22-10-5-6-11-22)24-23(34(4)26(28)37)17-29-27(32-24)31-21-9-7-8-20(16-21)30-25(36)19-12-14-33(3)15-13-19;1-25(2)15-32(19-9-4-5-10-19)21-20(31(3)23(25)34)14-27-24(30-21)29-17-8-6-7-16(11-17)22(33)28-18-12-26-13-18;1-15(31)26-16-10-11-20(33-5)18(12-16)27-23-25-13-19-21(28-23)30(17-8-6-7-9-17)14-24(2,3)22(32)29(19)4;1-23(2)14-29(17-10-5-6-11-17)19-18(28(3)20(23)30)13-24-21(27-19)25-15-8-7-9-16(12-15)26-22(31)32-4/h7-9,16-17,19,22H,5-6,10-15,18H2,1-4H3,(H,30,36)(H,29,31,32);6-8,11,14,18-19,26H,4-5,9-10,12-13,15H2,1-3H3,(H,28,33)(H,27,29,30);10-13,17H,6-9,14H2,1-5H3,(H,26,31)(H,25,27,28);7-9,12-13,17H,5-6,10-11,14H2,1-4H3,(H,26,31)(H,24,25,27). The highest BCUT2D eigenvalue weighted by molar-refractivity contribution is 6.04. The number of anilines is 19. The van der Waals surface area contributed by atoms with Crippen molar-refractivity contribution in [3.63, 3.8) is 0 Å². The molecule has 9 N–H and O–H groups in total. The summed E-state index contributed by atoms with van der Waals surface area (Å²) in [7, 11) is 12.2. The molecule has 4 aromatic heterocycles. The summed E-state index contributed by atoms with van der Waals surface area (Å²) in [6, 6.07) is 29.2. The van der Waals surface area contributed by atoms with Crippen LogP contribution in [-0.2, 0) is 33.5 Å². The van der Waals surface area contributed by atoms with E-state index in [0.29, 0.717) is 108 Å². The first-order valence-corrected chi connectivity index (χ1v) is 47.9. The topological polar surface area (TPSA) is 396 Å². The maximum atomic E-state index is 13.2. The van der Waals surface area contributed by atoms with Gasteiger partial charge in [0.05, 0.1) is 72.4 Å². The second kappa shape index (κ2) is 41.6. The van der Waals surface area contributed by atoms with Crippen LogP contribution in [0.3, 0.4) is 0 Å². The van der Waals surface area contributed by atoms with Crippen LogP contribution in [0.5, 0.6) is 5.75 Å². The molecule has 8 amide bonds. The van der Waals surface area contributed by atoms with E-state index in [1.807, 2.05) is 117 Å². The first-order chi connectivity index (χ1) is 65.0. The molecule has 10 heterocycles. The number of nitrogens with zero attached hydrogens (tertiary/aromatic N) is 17. The van der Waals surface area contributed by atoms with Crippen LogP contribution >= 0.6 is 0 Å². The molecule has 18 rings (SSSR count). The number of likely N-dealkylation sites (tertiary alicyclic amines) is 1. The number of carbonyl (C=O) groups excluding carboxylic acids is 8. The van der Waals surface area contributed by atoms with Crippen LogP contribution in [-0.4, -0.2) is 224 Å². The van der Waals surface area contributed by atoms with Crippen molar-refractivity contribution in [3.05, 3.63) is 121 Å². The molecule has 0 bridgehead atoms. The molecule has 8 aromatic rings. The fourth-order valence-electron chi connectivity index (χ4n) is 20.1. The molecule has 0 unspecified atom stereocenters. The summed E-state index contributed by atoms with van der Waals surface area (Å²) in [5.74, 6) is 5.62. The number of nitrogens with one attached hydrogen (secondary N) is 9. The molecule has 36 heteroatoms. The Balaban J connectivity index is 0.000000138. The van der Waals surface area contributed by atoms with Gasteiger partial charge in [0.2, 0.25) is 59.2 Å². The molecule has 6 fully saturated rings. The molecule has 6 aliphatic heterocycles. The molecular formula is C100H134N26O10. The summed E-state index contributed by atoms with van der Waals surface area (Å²) in [6.07, 6.45) is 26.5. The number of carbonyl (C=O) groups is 8. The van der Waals surface area contributed by atoms with Crippen LogP contribution in [0.1, 0.15) is 188 Å². The quantitative estimate of drug-likeness (QED) is 0.0363. The van der Waals surface area contributed by atoms with Crippen molar-refractivity contribution in [2.45, 2.75) is 208 Å². The molecule has 2 saturated heterocycles. The molecule has 10 aliphatic rings. The van der Waals surface area contributed by atoms with Crippen molar-refractivity contribution < 1.29 is 47.8 Å². The monoisotopic (exact) mass is 1860 g/mol. The Bertz CT molecular complexity index is 5700. The third-order valence-corrected chi connectivity index (χ3v) is 27.7. The molecule has 4 saturated carbocycles. The van der Waals surface area contributed by atoms with Gasteiger partial charge >= 0.3 is 6.09 Å². The number of methoxy groups -OCH3 is 2. The molecule has 0 spiro atoms. The van der Waals surface area contributed by atoms with Gasteiger partial charge in [0, 0.05) is 144 Å². The third kappa shape index (κ3) is 22.5. The summed E-state index contributed by atoms with van der Waals surface area (Å²) >= 11 is 0. The van der Waals surface area contributed by atoms with Crippen LogP contribution in [0.15, 0.2) is 116 Å². The lowest BCUT2D eigenvalue weighted by Gasteiger charge is -2.34. The van der Waals surface area contributed by atoms with Gasteiger partial charge in [-0.25, -0.2) is 24.7 Å². The normalized spacial score (nSPS) is 19.5. The van der Waals surface area contributed by atoms with Crippen LogP contribution in [0, 0.1) is 27.6 Å². The van der Waals surface area contributed by atoms with Gasteiger partial charge in [0.15, 0.2) is 23.3 Å². The second-order valence-corrected chi connectivity index (χ2v) is 40.2. The Morgan fingerprint density at radius 3 is 1.09 bits per heavy atom. The lowest BCUT2D eigenvalue weighted by molar-refractivity contribution is -0.126. The van der Waals surface area contributed by atoms with Crippen molar-refractivity contribution in [3.8, 4) is 5.75 Å². The number of benzene rings is 4. The van der Waals surface area contributed by atoms with E-state index in [4.69, 9.17) is 24.7 Å². The molecule has 4 aromatic carbocycles. The van der Waals surface area contributed by atoms with E-state index in [-0.39, 0.29) is 53.3 Å². The number of aromatic nitrogens is 8. The molecule has 724 valence electrons. The fourth-order valence-corrected chi connectivity index (χ4v) is 20.1. The van der Waals surface area contributed by atoms with E-state index >= 15 is 0 Å². The molecule has 136 heavy (non-hydrogen) atoms. The van der Waals surface area contributed by atoms with Crippen molar-refractivity contribution in [2.24, 2.45) is 27.6 Å². The van der Waals surface area contributed by atoms with Gasteiger partial charge in [-0.1, -0.05) is 69.6 Å². The molecule has 4 aliphatic carbocycles. The molecule has 0 atom stereocenters. The van der Waals surface area contributed by atoms with Crippen molar-refractivity contribution >= 4 is 157 Å². The number of ether oxygens (including phenoxy) is 2. The van der Waals surface area contributed by atoms with E-state index in [2.05, 4.69) is 104 Å². The number of hydrogen-bond acceptors (Lipinski definition) is 28. The summed E-state index contributed by atoms with van der Waals surface area (Å²) in [5, 5.41) is 27.7. The maximum Gasteiger partial charge on any atom is 0.411 e. The zero-order valence-corrected chi connectivity index (χ0v) is 81.5. The number of fused-ring (bicyclic) bond motifs is 4. The summed E-state index contributed by atoms with van der Waals surface area (Å²) in [6.45, 7) is 23.4. The number of rotatable bonds is 19. The average Bonchev–Trinajstić information content (AvgIpc) is 1.65. The largest absolute Gasteiger partial charge is 0.495 e. The molecular weight excluding hydrogens is 1730 g/mol. The molecule has 36 nitrogen and oxygen atoms in total. The van der Waals surface area contributed by atoms with E-state index in [1.165, 1.54) is 65.4 Å². The van der Waals surface area contributed by atoms with Crippen LogP contribution in [0.4, 0.5) is 114 Å². The van der Waals surface area contributed by atoms with Gasteiger partial charge in [-0.2, -0.15) is 19.9 Å². The smallest absolute Gasteiger partial charge is 0.411 e. The van der Waals surface area contributed by atoms with E-state index in [1.54, 1.807) is 109 Å². The minimum atomic E-state index is -0.540. The van der Waals surface area contributed by atoms with Crippen molar-refractivity contribution in [2.75, 3.05) is 178 Å². The van der Waals surface area contributed by atoms with Crippen molar-refractivity contribution in [1.29, 1.82) is 0 Å². The SMILES string of the molecule is CN1C(=O)C(C)(C)CN(C2CCCC2)c2nc(Nc3cccc(C(=O)NC4CNC4)c3)ncc21.CN1CCC(C(=O)Nc2cccc(Nc3ncc4c(n3)N(C3CCCC3)CC(C)(C)C(=O)N4C)c2)CC1.COC(=O)Nc1cccc(Nc2ncc3c(n2)N(C2CCCC2)CC(C)(C)C(=O)N3C)c1.COc1ccc(NC(C)=O)cc1Nc1ncc2c(n1)N(C1CCCC1)CC(C)(C)C(=O)N2C. The zero-order valence-electron chi connectivity index (χ0n) is 81.5. The Morgan fingerprint density at radius 2 is 0.743 bits per heavy atom. The Kier molecular flexibility index (Phi) is 29.8. The maximum absolute atomic E-state index is 13.2. The highest BCUT2D eigenvalue weighted by atomic mass is 16.5. The van der Waals surface area contributed by atoms with Crippen molar-refractivity contribution in [1.82, 2.24) is 55.4 Å². The average molecular weight is 1860 g/mol. The summed E-state index contributed by atoms with van der Waals surface area (Å²) < 4.78 is 10.1. The Morgan fingerprint density at radius 1 is 0.404 bits per heavy atom. The Hall–Kier alpha value is -13.1. The predicted octanol–water partition coefficient (Wildman–Crippen LogP) is 15.0. The van der Waals surface area contributed by atoms with Gasteiger partial charge in [-0.05, 0) is 213 Å². The van der Waals surface area contributed by atoms with Gasteiger partial charge in [-0.15, -0.1) is 0 Å². The van der Waals surface area contributed by atoms with E-state index in [0.717, 1.165) is 153 Å². The second-order valence-electron chi connectivity index (χ2n) is 40.2. The number of amides is 8.